The van der Waals surface area contributed by atoms with Crippen molar-refractivity contribution in [3.8, 4) is 0 Å². The molecule has 0 saturated carbocycles. The molecule has 1 aromatic heterocycles. The Labute approximate surface area is 152 Å². The van der Waals surface area contributed by atoms with Crippen molar-refractivity contribution in [1.29, 1.82) is 0 Å². The predicted octanol–water partition coefficient (Wildman–Crippen LogP) is 2.91. The Hall–Kier alpha value is -3.22. The highest BCUT2D eigenvalue weighted by molar-refractivity contribution is 5.91. The molecular weight excluding hydrogens is 336 g/mol. The van der Waals surface area contributed by atoms with Crippen LogP contribution >= 0.6 is 0 Å². The number of esters is 1. The van der Waals surface area contributed by atoms with Gasteiger partial charge >= 0.3 is 12.1 Å². The number of rotatable bonds is 7. The van der Waals surface area contributed by atoms with Gasteiger partial charge in [0.2, 0.25) is 0 Å². The molecule has 2 rings (SSSR count). The zero-order valence-corrected chi connectivity index (χ0v) is 14.9. The van der Waals surface area contributed by atoms with Crippen LogP contribution in [0.2, 0.25) is 0 Å². The van der Waals surface area contributed by atoms with Gasteiger partial charge in [-0.25, -0.2) is 9.59 Å². The first kappa shape index (κ1) is 19.1. The largest absolute Gasteiger partial charge is 0.467 e. The SMILES string of the molecule is COC(=O)N[C@H](C(C(=O)OC)=C(C)NCc1ccccc1)c1ccco1. The number of hydrogen-bond acceptors (Lipinski definition) is 6. The third-order valence-corrected chi connectivity index (χ3v) is 3.77. The number of amides is 1. The van der Waals surface area contributed by atoms with Crippen LogP contribution < -0.4 is 10.6 Å². The average molecular weight is 358 g/mol. The maximum absolute atomic E-state index is 12.4. The lowest BCUT2D eigenvalue weighted by atomic mass is 10.0. The minimum atomic E-state index is -0.854. The molecule has 0 radical (unpaired) electrons. The standard InChI is InChI=1S/C19H22N2O5/c1-13(20-12-14-8-5-4-6-9-14)16(18(22)24-2)17(21-19(23)25-3)15-10-7-11-26-15/h4-11,17,20H,12H2,1-3H3,(H,21,23)/t17-/m0/s1. The molecule has 2 aromatic rings. The first-order valence-corrected chi connectivity index (χ1v) is 8.01. The van der Waals surface area contributed by atoms with Gasteiger partial charge in [-0.05, 0) is 24.6 Å². The topological polar surface area (TPSA) is 89.8 Å². The van der Waals surface area contributed by atoms with Gasteiger partial charge in [0.15, 0.2) is 0 Å². The highest BCUT2D eigenvalue weighted by Crippen LogP contribution is 2.26. The fraction of sp³-hybridized carbons (Fsp3) is 0.263. The van der Waals surface area contributed by atoms with Crippen molar-refractivity contribution in [3.05, 3.63) is 71.3 Å². The van der Waals surface area contributed by atoms with Crippen LogP contribution in [-0.2, 0) is 20.8 Å². The minimum Gasteiger partial charge on any atom is -0.467 e. The van der Waals surface area contributed by atoms with Crippen LogP contribution in [0.25, 0.3) is 0 Å². The number of alkyl carbamates (subject to hydrolysis) is 1. The molecule has 1 amide bonds. The van der Waals surface area contributed by atoms with Crippen LogP contribution in [0.3, 0.4) is 0 Å². The lowest BCUT2D eigenvalue weighted by Gasteiger charge is -2.21. The molecule has 0 unspecified atom stereocenters. The zero-order chi connectivity index (χ0) is 18.9. The second-order valence-electron chi connectivity index (χ2n) is 5.45. The monoisotopic (exact) mass is 358 g/mol. The van der Waals surface area contributed by atoms with Gasteiger partial charge in [0.25, 0.3) is 0 Å². The number of hydrogen-bond donors (Lipinski definition) is 2. The number of furan rings is 1. The number of allylic oxidation sites excluding steroid dienone is 1. The summed E-state index contributed by atoms with van der Waals surface area (Å²) >= 11 is 0. The van der Waals surface area contributed by atoms with Gasteiger partial charge in [0.1, 0.15) is 11.8 Å². The molecule has 1 atom stereocenters. The van der Waals surface area contributed by atoms with Gasteiger partial charge in [0, 0.05) is 12.2 Å². The van der Waals surface area contributed by atoms with E-state index in [1.165, 1.54) is 20.5 Å². The lowest BCUT2D eigenvalue weighted by Crippen LogP contribution is -2.34. The van der Waals surface area contributed by atoms with Crippen molar-refractivity contribution in [2.24, 2.45) is 0 Å². The molecular formula is C19H22N2O5. The van der Waals surface area contributed by atoms with Crippen LogP contribution in [0.4, 0.5) is 4.79 Å². The van der Waals surface area contributed by atoms with E-state index in [0.29, 0.717) is 18.0 Å². The van der Waals surface area contributed by atoms with Crippen molar-refractivity contribution in [2.75, 3.05) is 14.2 Å². The fourth-order valence-corrected chi connectivity index (χ4v) is 2.44. The summed E-state index contributed by atoms with van der Waals surface area (Å²) in [6.45, 7) is 2.25. The van der Waals surface area contributed by atoms with E-state index in [2.05, 4.69) is 15.4 Å². The molecule has 0 aliphatic heterocycles. The van der Waals surface area contributed by atoms with Crippen LogP contribution in [0, 0.1) is 0 Å². The van der Waals surface area contributed by atoms with E-state index in [0.717, 1.165) is 5.56 Å². The van der Waals surface area contributed by atoms with E-state index in [1.54, 1.807) is 19.1 Å². The normalized spacial score (nSPS) is 12.6. The summed E-state index contributed by atoms with van der Waals surface area (Å²) in [6.07, 6.45) is 0.770. The molecule has 138 valence electrons. The summed E-state index contributed by atoms with van der Waals surface area (Å²) in [4.78, 5) is 24.2. The maximum Gasteiger partial charge on any atom is 0.407 e. The van der Waals surface area contributed by atoms with E-state index in [9.17, 15) is 9.59 Å². The number of methoxy groups -OCH3 is 2. The molecule has 7 nitrogen and oxygen atoms in total. The number of ether oxygens (including phenoxy) is 2. The summed E-state index contributed by atoms with van der Waals surface area (Å²) in [5.74, 6) is -0.197. The molecule has 1 aromatic carbocycles. The summed E-state index contributed by atoms with van der Waals surface area (Å²) in [7, 11) is 2.53. The molecule has 0 saturated heterocycles. The summed E-state index contributed by atoms with van der Waals surface area (Å²) < 4.78 is 15.0. The Bertz CT molecular complexity index is 754. The predicted molar refractivity (Wildman–Crippen MR) is 95.0 cm³/mol. The van der Waals surface area contributed by atoms with Crippen LogP contribution in [0.15, 0.2) is 64.4 Å². The van der Waals surface area contributed by atoms with Crippen LogP contribution in [-0.4, -0.2) is 26.3 Å². The molecule has 1 heterocycles. The van der Waals surface area contributed by atoms with Gasteiger partial charge in [-0.1, -0.05) is 30.3 Å². The summed E-state index contributed by atoms with van der Waals surface area (Å²) in [6, 6.07) is 12.2. The number of carbonyl (C=O) groups is 2. The maximum atomic E-state index is 12.4. The Balaban J connectivity index is 2.34. The number of nitrogens with one attached hydrogen (secondary N) is 2. The highest BCUT2D eigenvalue weighted by atomic mass is 16.5. The van der Waals surface area contributed by atoms with Gasteiger partial charge in [-0.15, -0.1) is 0 Å². The quantitative estimate of drug-likeness (QED) is 0.584. The van der Waals surface area contributed by atoms with E-state index in [-0.39, 0.29) is 5.57 Å². The number of carbonyl (C=O) groups excluding carboxylic acids is 2. The molecule has 0 spiro atoms. The molecule has 0 aliphatic rings. The number of benzene rings is 1. The summed E-state index contributed by atoms with van der Waals surface area (Å²) in [5.41, 5.74) is 1.83. The second kappa shape index (κ2) is 9.31. The van der Waals surface area contributed by atoms with Crippen LogP contribution in [0.1, 0.15) is 24.3 Å². The Morgan fingerprint density at radius 3 is 2.38 bits per heavy atom. The third-order valence-electron chi connectivity index (χ3n) is 3.77. The molecule has 7 heteroatoms. The van der Waals surface area contributed by atoms with E-state index in [1.807, 2.05) is 30.3 Å². The van der Waals surface area contributed by atoms with Gasteiger partial charge in [-0.2, -0.15) is 0 Å². The molecule has 0 fully saturated rings. The van der Waals surface area contributed by atoms with Crippen molar-refractivity contribution < 1.29 is 23.5 Å². The Kier molecular flexibility index (Phi) is 6.84. The van der Waals surface area contributed by atoms with Gasteiger partial charge < -0.3 is 24.5 Å². The minimum absolute atomic E-state index is 0.226. The van der Waals surface area contributed by atoms with Crippen molar-refractivity contribution >= 4 is 12.1 Å². The fourth-order valence-electron chi connectivity index (χ4n) is 2.44. The first-order chi connectivity index (χ1) is 12.6. The van der Waals surface area contributed by atoms with Crippen molar-refractivity contribution in [1.82, 2.24) is 10.6 Å². The second-order valence-corrected chi connectivity index (χ2v) is 5.45. The third kappa shape index (κ3) is 4.89. The highest BCUT2D eigenvalue weighted by Gasteiger charge is 2.30. The molecule has 26 heavy (non-hydrogen) atoms. The molecule has 2 N–H and O–H groups in total. The Morgan fingerprint density at radius 1 is 1.08 bits per heavy atom. The van der Waals surface area contributed by atoms with Gasteiger partial charge in [0.05, 0.1) is 26.1 Å². The van der Waals surface area contributed by atoms with Crippen molar-refractivity contribution in [2.45, 2.75) is 19.5 Å². The summed E-state index contributed by atoms with van der Waals surface area (Å²) in [5, 5.41) is 5.80. The first-order valence-electron chi connectivity index (χ1n) is 8.01. The average Bonchev–Trinajstić information content (AvgIpc) is 3.20. The van der Waals surface area contributed by atoms with E-state index in [4.69, 9.17) is 9.15 Å². The van der Waals surface area contributed by atoms with E-state index < -0.39 is 18.1 Å². The van der Waals surface area contributed by atoms with E-state index >= 15 is 0 Å². The van der Waals surface area contributed by atoms with Crippen molar-refractivity contribution in [3.63, 3.8) is 0 Å². The lowest BCUT2D eigenvalue weighted by molar-refractivity contribution is -0.136. The van der Waals surface area contributed by atoms with Crippen LogP contribution in [0.5, 0.6) is 0 Å². The molecule has 0 bridgehead atoms. The smallest absolute Gasteiger partial charge is 0.407 e. The van der Waals surface area contributed by atoms with Gasteiger partial charge in [-0.3, -0.25) is 0 Å². The zero-order valence-electron chi connectivity index (χ0n) is 14.9. The Morgan fingerprint density at radius 2 is 1.81 bits per heavy atom. The molecule has 0 aliphatic carbocycles.